The Hall–Kier alpha value is -4.10. The first-order valence-corrected chi connectivity index (χ1v) is 10.8. The standard InChI is InChI=1S/C31H27N/c1-4-10-25(5-2)27-17-21-30(22-18-27)32(29-19-15-24(3)16-20-29)31-14-9-13-28(23-31)26-11-7-6-8-12-26/h4-23H,1-2H2,3H3/b25-10+. The number of anilines is 3. The van der Waals surface area contributed by atoms with E-state index in [1.165, 1.54) is 16.7 Å². The molecule has 4 rings (SSSR count). The summed E-state index contributed by atoms with van der Waals surface area (Å²) in [5, 5.41) is 0. The highest BCUT2D eigenvalue weighted by atomic mass is 15.1. The van der Waals surface area contributed by atoms with Gasteiger partial charge in [-0.2, -0.15) is 0 Å². The second-order valence-electron chi connectivity index (χ2n) is 7.70. The van der Waals surface area contributed by atoms with Crippen LogP contribution in [-0.2, 0) is 0 Å². The molecule has 0 N–H and O–H groups in total. The fraction of sp³-hybridized carbons (Fsp3) is 0.0323. The summed E-state index contributed by atoms with van der Waals surface area (Å²) in [6.07, 6.45) is 5.62. The number of hydrogen-bond donors (Lipinski definition) is 0. The molecular weight excluding hydrogens is 386 g/mol. The van der Waals surface area contributed by atoms with Gasteiger partial charge in [-0.05, 0) is 65.6 Å². The third-order valence-corrected chi connectivity index (χ3v) is 5.48. The van der Waals surface area contributed by atoms with Gasteiger partial charge in [0.25, 0.3) is 0 Å². The number of nitrogens with zero attached hydrogens (tertiary/aromatic N) is 1. The molecule has 0 saturated heterocycles. The van der Waals surface area contributed by atoms with Crippen LogP contribution in [0.25, 0.3) is 16.7 Å². The van der Waals surface area contributed by atoms with E-state index < -0.39 is 0 Å². The first-order chi connectivity index (χ1) is 15.7. The lowest BCUT2D eigenvalue weighted by molar-refractivity contribution is 1.27. The van der Waals surface area contributed by atoms with Crippen LogP contribution in [0.3, 0.4) is 0 Å². The van der Waals surface area contributed by atoms with E-state index in [1.807, 2.05) is 18.2 Å². The van der Waals surface area contributed by atoms with E-state index in [2.05, 4.69) is 122 Å². The summed E-state index contributed by atoms with van der Waals surface area (Å²) in [6, 6.07) is 36.4. The van der Waals surface area contributed by atoms with Crippen molar-refractivity contribution in [3.63, 3.8) is 0 Å². The molecule has 4 aromatic rings. The summed E-state index contributed by atoms with van der Waals surface area (Å²) in [5.41, 5.74) is 9.16. The van der Waals surface area contributed by atoms with Crippen LogP contribution in [0.2, 0.25) is 0 Å². The summed E-state index contributed by atoms with van der Waals surface area (Å²) in [4.78, 5) is 2.29. The minimum absolute atomic E-state index is 1.06. The fourth-order valence-corrected chi connectivity index (χ4v) is 3.81. The first-order valence-electron chi connectivity index (χ1n) is 10.8. The van der Waals surface area contributed by atoms with Crippen molar-refractivity contribution in [2.75, 3.05) is 4.90 Å². The summed E-state index contributed by atoms with van der Waals surface area (Å²) < 4.78 is 0. The molecule has 0 radical (unpaired) electrons. The highest BCUT2D eigenvalue weighted by Gasteiger charge is 2.13. The molecule has 0 fully saturated rings. The maximum Gasteiger partial charge on any atom is 0.0467 e. The largest absolute Gasteiger partial charge is 0.310 e. The van der Waals surface area contributed by atoms with Crippen molar-refractivity contribution in [1.82, 2.24) is 0 Å². The molecule has 0 heterocycles. The van der Waals surface area contributed by atoms with Gasteiger partial charge in [-0.1, -0.05) is 104 Å². The van der Waals surface area contributed by atoms with Gasteiger partial charge in [-0.25, -0.2) is 0 Å². The second kappa shape index (κ2) is 9.80. The molecule has 1 heteroatoms. The molecule has 0 aromatic heterocycles. The zero-order chi connectivity index (χ0) is 22.3. The van der Waals surface area contributed by atoms with Gasteiger partial charge >= 0.3 is 0 Å². The quantitative estimate of drug-likeness (QED) is 0.273. The predicted molar refractivity (Wildman–Crippen MR) is 140 cm³/mol. The molecule has 0 aliphatic carbocycles. The van der Waals surface area contributed by atoms with Gasteiger partial charge in [-0.15, -0.1) is 0 Å². The first kappa shape index (κ1) is 21.1. The lowest BCUT2D eigenvalue weighted by Gasteiger charge is -2.26. The molecule has 4 aromatic carbocycles. The average Bonchev–Trinajstić information content (AvgIpc) is 2.85. The number of benzene rings is 4. The Bertz CT molecular complexity index is 1230. The molecule has 0 aliphatic heterocycles. The van der Waals surface area contributed by atoms with E-state index in [-0.39, 0.29) is 0 Å². The minimum atomic E-state index is 1.06. The zero-order valence-electron chi connectivity index (χ0n) is 18.4. The topological polar surface area (TPSA) is 3.24 Å². The van der Waals surface area contributed by atoms with Gasteiger partial charge in [-0.3, -0.25) is 0 Å². The molecule has 0 amide bonds. The van der Waals surface area contributed by atoms with Crippen molar-refractivity contribution in [3.8, 4) is 11.1 Å². The van der Waals surface area contributed by atoms with Crippen LogP contribution >= 0.6 is 0 Å². The van der Waals surface area contributed by atoms with Crippen molar-refractivity contribution in [2.45, 2.75) is 6.92 Å². The second-order valence-corrected chi connectivity index (χ2v) is 7.70. The monoisotopic (exact) mass is 413 g/mol. The van der Waals surface area contributed by atoms with Gasteiger partial charge in [0, 0.05) is 17.1 Å². The zero-order valence-corrected chi connectivity index (χ0v) is 18.4. The van der Waals surface area contributed by atoms with Crippen LogP contribution in [-0.4, -0.2) is 0 Å². The van der Waals surface area contributed by atoms with Gasteiger partial charge in [0.2, 0.25) is 0 Å². The Kier molecular flexibility index (Phi) is 6.48. The number of aryl methyl sites for hydroxylation is 1. The van der Waals surface area contributed by atoms with Crippen LogP contribution < -0.4 is 4.90 Å². The SMILES string of the molecule is C=C/C=C(\C=C)c1ccc(N(c2ccc(C)cc2)c2cccc(-c3ccccc3)c2)cc1. The van der Waals surface area contributed by atoms with Crippen molar-refractivity contribution in [3.05, 3.63) is 146 Å². The summed E-state index contributed by atoms with van der Waals surface area (Å²) in [6.45, 7) is 9.85. The van der Waals surface area contributed by atoms with E-state index in [9.17, 15) is 0 Å². The molecule has 32 heavy (non-hydrogen) atoms. The van der Waals surface area contributed by atoms with Crippen molar-refractivity contribution >= 4 is 22.6 Å². The smallest absolute Gasteiger partial charge is 0.0467 e. The van der Waals surface area contributed by atoms with Gasteiger partial charge in [0.05, 0.1) is 0 Å². The molecule has 0 atom stereocenters. The number of rotatable bonds is 7. The van der Waals surface area contributed by atoms with Crippen LogP contribution in [0, 0.1) is 6.92 Å². The highest BCUT2D eigenvalue weighted by Crippen LogP contribution is 2.37. The molecule has 0 aliphatic rings. The Morgan fingerprint density at radius 3 is 1.91 bits per heavy atom. The summed E-state index contributed by atoms with van der Waals surface area (Å²) in [5.74, 6) is 0. The maximum absolute atomic E-state index is 3.93. The lowest BCUT2D eigenvalue weighted by Crippen LogP contribution is -2.10. The predicted octanol–water partition coefficient (Wildman–Crippen LogP) is 8.89. The molecule has 1 nitrogen and oxygen atoms in total. The van der Waals surface area contributed by atoms with E-state index in [0.29, 0.717) is 0 Å². The number of allylic oxidation sites excluding steroid dienone is 4. The lowest BCUT2D eigenvalue weighted by atomic mass is 10.0. The Morgan fingerprint density at radius 1 is 0.656 bits per heavy atom. The Morgan fingerprint density at radius 2 is 1.28 bits per heavy atom. The van der Waals surface area contributed by atoms with E-state index in [0.717, 1.165) is 28.2 Å². The molecule has 0 bridgehead atoms. The van der Waals surface area contributed by atoms with Crippen LogP contribution in [0.1, 0.15) is 11.1 Å². The van der Waals surface area contributed by atoms with Gasteiger partial charge in [0.15, 0.2) is 0 Å². The fourth-order valence-electron chi connectivity index (χ4n) is 3.81. The molecule has 0 saturated carbocycles. The third-order valence-electron chi connectivity index (χ3n) is 5.48. The van der Waals surface area contributed by atoms with Gasteiger partial charge in [0.1, 0.15) is 0 Å². The minimum Gasteiger partial charge on any atom is -0.310 e. The molecule has 0 unspecified atom stereocenters. The molecular formula is C31H27N. The number of hydrogen-bond acceptors (Lipinski definition) is 1. The molecule has 0 spiro atoms. The van der Waals surface area contributed by atoms with Crippen LogP contribution in [0.15, 0.2) is 135 Å². The Labute approximate surface area is 191 Å². The normalized spacial score (nSPS) is 11.1. The third kappa shape index (κ3) is 4.63. The van der Waals surface area contributed by atoms with Crippen molar-refractivity contribution in [1.29, 1.82) is 0 Å². The Balaban J connectivity index is 1.80. The van der Waals surface area contributed by atoms with E-state index in [4.69, 9.17) is 0 Å². The maximum atomic E-state index is 3.93. The van der Waals surface area contributed by atoms with Crippen LogP contribution in [0.4, 0.5) is 17.1 Å². The molecule has 156 valence electrons. The van der Waals surface area contributed by atoms with E-state index in [1.54, 1.807) is 6.08 Å². The van der Waals surface area contributed by atoms with E-state index >= 15 is 0 Å². The van der Waals surface area contributed by atoms with Crippen molar-refractivity contribution in [2.24, 2.45) is 0 Å². The summed E-state index contributed by atoms with van der Waals surface area (Å²) in [7, 11) is 0. The highest BCUT2D eigenvalue weighted by molar-refractivity contribution is 5.82. The average molecular weight is 414 g/mol. The van der Waals surface area contributed by atoms with Crippen LogP contribution in [0.5, 0.6) is 0 Å². The van der Waals surface area contributed by atoms with Crippen molar-refractivity contribution < 1.29 is 0 Å². The van der Waals surface area contributed by atoms with Gasteiger partial charge < -0.3 is 4.90 Å². The summed E-state index contributed by atoms with van der Waals surface area (Å²) >= 11 is 0.